The van der Waals surface area contributed by atoms with Gasteiger partial charge in [-0.2, -0.15) is 0 Å². The number of methoxy groups -OCH3 is 1. The Kier molecular flexibility index (Phi) is 7.50. The molecule has 2 rings (SSSR count). The van der Waals surface area contributed by atoms with Crippen LogP contribution in [0.25, 0.3) is 0 Å². The summed E-state index contributed by atoms with van der Waals surface area (Å²) in [6.45, 7) is -0.714. The van der Waals surface area contributed by atoms with Crippen LogP contribution in [0, 0.1) is 5.82 Å². The summed E-state index contributed by atoms with van der Waals surface area (Å²) in [7, 11) is 2.92. The second-order valence-electron chi connectivity index (χ2n) is 5.95. The lowest BCUT2D eigenvalue weighted by molar-refractivity contribution is -0.151. The van der Waals surface area contributed by atoms with Crippen molar-refractivity contribution in [2.45, 2.75) is 6.42 Å². The first-order valence-electron chi connectivity index (χ1n) is 8.46. The minimum absolute atomic E-state index is 0.0357. The molecule has 0 radical (unpaired) electrons. The smallest absolute Gasteiger partial charge is 0.310 e. The fourth-order valence-electron chi connectivity index (χ4n) is 2.35. The van der Waals surface area contributed by atoms with E-state index in [4.69, 9.17) is 9.47 Å². The molecule has 0 saturated carbocycles. The molecular formula is C20H21FN2O5. The van der Waals surface area contributed by atoms with Crippen LogP contribution in [-0.2, 0) is 25.5 Å². The van der Waals surface area contributed by atoms with Crippen LogP contribution in [0.5, 0.6) is 5.75 Å². The van der Waals surface area contributed by atoms with E-state index in [0.717, 1.165) is 4.90 Å². The maximum atomic E-state index is 12.9. The second kappa shape index (κ2) is 10.1. The van der Waals surface area contributed by atoms with E-state index in [1.54, 1.807) is 24.3 Å². The Labute approximate surface area is 162 Å². The van der Waals surface area contributed by atoms with Gasteiger partial charge in [-0.1, -0.05) is 18.2 Å². The third kappa shape index (κ3) is 6.39. The van der Waals surface area contributed by atoms with Crippen LogP contribution in [0.2, 0.25) is 0 Å². The Balaban J connectivity index is 1.77. The van der Waals surface area contributed by atoms with E-state index in [9.17, 15) is 18.8 Å². The number of anilines is 1. The van der Waals surface area contributed by atoms with Gasteiger partial charge in [0.2, 0.25) is 5.91 Å². The van der Waals surface area contributed by atoms with Crippen LogP contribution in [0.3, 0.4) is 0 Å². The number of benzene rings is 2. The number of nitrogens with zero attached hydrogens (tertiary/aromatic N) is 1. The third-order valence-corrected chi connectivity index (χ3v) is 3.82. The molecule has 7 nitrogen and oxygen atoms in total. The number of rotatable bonds is 8. The standard InChI is InChI=1S/C20H21FN2O5/c1-23(12-18(24)22-16-9-7-15(21)8-10-16)19(25)13-28-20(26)11-14-5-3-4-6-17(14)27-2/h3-10H,11-13H2,1-2H3,(H,22,24). The molecule has 0 unspecified atom stereocenters. The van der Waals surface area contributed by atoms with Gasteiger partial charge in [0.05, 0.1) is 20.1 Å². The van der Waals surface area contributed by atoms with Gasteiger partial charge < -0.3 is 19.7 Å². The van der Waals surface area contributed by atoms with Gasteiger partial charge in [-0.3, -0.25) is 14.4 Å². The van der Waals surface area contributed by atoms with Crippen molar-refractivity contribution in [3.63, 3.8) is 0 Å². The van der Waals surface area contributed by atoms with Crippen LogP contribution in [-0.4, -0.2) is 50.0 Å². The number of carbonyl (C=O) groups excluding carboxylic acids is 3. The highest BCUT2D eigenvalue weighted by molar-refractivity contribution is 5.94. The zero-order chi connectivity index (χ0) is 20.5. The molecule has 0 fully saturated rings. The molecule has 0 atom stereocenters. The van der Waals surface area contributed by atoms with E-state index in [1.165, 1.54) is 38.4 Å². The normalized spacial score (nSPS) is 10.1. The Morgan fingerprint density at radius 2 is 1.75 bits per heavy atom. The van der Waals surface area contributed by atoms with Crippen LogP contribution < -0.4 is 10.1 Å². The average molecular weight is 388 g/mol. The highest BCUT2D eigenvalue weighted by Gasteiger charge is 2.16. The van der Waals surface area contributed by atoms with E-state index in [2.05, 4.69) is 5.32 Å². The van der Waals surface area contributed by atoms with Crippen LogP contribution in [0.4, 0.5) is 10.1 Å². The molecule has 0 saturated heterocycles. The van der Waals surface area contributed by atoms with Gasteiger partial charge in [-0.15, -0.1) is 0 Å². The molecule has 0 aliphatic carbocycles. The first kappa shape index (κ1) is 20.9. The quantitative estimate of drug-likeness (QED) is 0.700. The van der Waals surface area contributed by atoms with Gasteiger partial charge in [-0.25, -0.2) is 4.39 Å². The fraction of sp³-hybridized carbons (Fsp3) is 0.250. The van der Waals surface area contributed by atoms with E-state index in [-0.39, 0.29) is 13.0 Å². The van der Waals surface area contributed by atoms with Crippen molar-refractivity contribution in [3.8, 4) is 5.75 Å². The molecule has 2 aromatic carbocycles. The van der Waals surface area contributed by atoms with Crippen molar-refractivity contribution in [1.29, 1.82) is 0 Å². The zero-order valence-electron chi connectivity index (χ0n) is 15.6. The summed E-state index contributed by atoms with van der Waals surface area (Å²) in [5.41, 5.74) is 1.06. The average Bonchev–Trinajstić information content (AvgIpc) is 2.68. The molecule has 2 amide bonds. The number of esters is 1. The Morgan fingerprint density at radius 3 is 2.43 bits per heavy atom. The van der Waals surface area contributed by atoms with E-state index in [0.29, 0.717) is 17.0 Å². The van der Waals surface area contributed by atoms with Gasteiger partial charge in [0.1, 0.15) is 11.6 Å². The Bertz CT molecular complexity index is 839. The monoisotopic (exact) mass is 388 g/mol. The molecule has 8 heteroatoms. The van der Waals surface area contributed by atoms with Crippen molar-refractivity contribution >= 4 is 23.5 Å². The molecule has 0 aliphatic rings. The highest BCUT2D eigenvalue weighted by Crippen LogP contribution is 2.18. The van der Waals surface area contributed by atoms with Gasteiger partial charge >= 0.3 is 5.97 Å². The molecule has 0 heterocycles. The minimum Gasteiger partial charge on any atom is -0.496 e. The Hall–Kier alpha value is -3.42. The van der Waals surface area contributed by atoms with Crippen LogP contribution in [0.15, 0.2) is 48.5 Å². The van der Waals surface area contributed by atoms with Crippen molar-refractivity contribution in [2.24, 2.45) is 0 Å². The fourth-order valence-corrected chi connectivity index (χ4v) is 2.35. The molecule has 0 spiro atoms. The number of hydrogen-bond donors (Lipinski definition) is 1. The van der Waals surface area contributed by atoms with Crippen LogP contribution >= 0.6 is 0 Å². The van der Waals surface area contributed by atoms with E-state index in [1.807, 2.05) is 0 Å². The summed E-state index contributed by atoms with van der Waals surface area (Å²) in [4.78, 5) is 37.1. The predicted octanol–water partition coefficient (Wildman–Crippen LogP) is 2.02. The van der Waals surface area contributed by atoms with Crippen molar-refractivity contribution in [2.75, 3.05) is 32.6 Å². The Morgan fingerprint density at radius 1 is 1.07 bits per heavy atom. The number of ether oxygens (including phenoxy) is 2. The SMILES string of the molecule is COc1ccccc1CC(=O)OCC(=O)N(C)CC(=O)Nc1ccc(F)cc1. The molecule has 0 aromatic heterocycles. The van der Waals surface area contributed by atoms with Crippen molar-refractivity contribution in [1.82, 2.24) is 4.90 Å². The van der Waals surface area contributed by atoms with Gasteiger partial charge in [0.25, 0.3) is 5.91 Å². The number of carbonyl (C=O) groups is 3. The maximum absolute atomic E-state index is 12.9. The zero-order valence-corrected chi connectivity index (χ0v) is 15.6. The topological polar surface area (TPSA) is 84.9 Å². The summed E-state index contributed by atoms with van der Waals surface area (Å²) in [5.74, 6) is -1.42. The number of nitrogens with one attached hydrogen (secondary N) is 1. The first-order valence-corrected chi connectivity index (χ1v) is 8.46. The molecular weight excluding hydrogens is 367 g/mol. The lowest BCUT2D eigenvalue weighted by Crippen LogP contribution is -2.37. The number of likely N-dealkylation sites (N-methyl/N-ethyl adjacent to an activating group) is 1. The maximum Gasteiger partial charge on any atom is 0.310 e. The number of amides is 2. The van der Waals surface area contributed by atoms with E-state index >= 15 is 0 Å². The third-order valence-electron chi connectivity index (χ3n) is 3.82. The molecule has 0 bridgehead atoms. The molecule has 148 valence electrons. The summed E-state index contributed by atoms with van der Waals surface area (Å²) < 4.78 is 23.0. The van der Waals surface area contributed by atoms with Gasteiger partial charge in [-0.05, 0) is 30.3 Å². The van der Waals surface area contributed by atoms with Gasteiger partial charge in [0.15, 0.2) is 6.61 Å². The highest BCUT2D eigenvalue weighted by atomic mass is 19.1. The van der Waals surface area contributed by atoms with E-state index < -0.39 is 30.2 Å². The number of para-hydroxylation sites is 1. The van der Waals surface area contributed by atoms with Gasteiger partial charge in [0, 0.05) is 18.3 Å². The summed E-state index contributed by atoms with van der Waals surface area (Å²) in [5, 5.41) is 2.54. The molecule has 0 aliphatic heterocycles. The summed E-state index contributed by atoms with van der Waals surface area (Å²) in [6.07, 6.45) is -0.0357. The molecule has 2 aromatic rings. The summed E-state index contributed by atoms with van der Waals surface area (Å²) in [6, 6.07) is 12.3. The largest absolute Gasteiger partial charge is 0.496 e. The van der Waals surface area contributed by atoms with Crippen LogP contribution in [0.1, 0.15) is 5.56 Å². The minimum atomic E-state index is -0.581. The lowest BCUT2D eigenvalue weighted by atomic mass is 10.1. The second-order valence-corrected chi connectivity index (χ2v) is 5.95. The lowest BCUT2D eigenvalue weighted by Gasteiger charge is -2.17. The van der Waals surface area contributed by atoms with Crippen molar-refractivity contribution in [3.05, 3.63) is 59.9 Å². The first-order chi connectivity index (χ1) is 13.4. The number of hydrogen-bond acceptors (Lipinski definition) is 5. The molecule has 1 N–H and O–H groups in total. The van der Waals surface area contributed by atoms with Crippen molar-refractivity contribution < 1.29 is 28.2 Å². The molecule has 28 heavy (non-hydrogen) atoms. The predicted molar refractivity (Wildman–Crippen MR) is 100 cm³/mol. The summed E-state index contributed by atoms with van der Waals surface area (Å²) >= 11 is 0. The number of halogens is 1.